The number of hydroxylamine groups is 2. The predicted molar refractivity (Wildman–Crippen MR) is 128 cm³/mol. The Labute approximate surface area is 211 Å². The van der Waals surface area contributed by atoms with Gasteiger partial charge in [0, 0.05) is 25.7 Å². The van der Waals surface area contributed by atoms with Crippen LogP contribution in [0.25, 0.3) is 0 Å². The summed E-state index contributed by atoms with van der Waals surface area (Å²) in [7, 11) is 0. The van der Waals surface area contributed by atoms with Gasteiger partial charge in [-0.1, -0.05) is 25.7 Å². The van der Waals surface area contributed by atoms with Gasteiger partial charge in [-0.15, -0.1) is 0 Å². The van der Waals surface area contributed by atoms with E-state index < -0.39 is 23.9 Å². The summed E-state index contributed by atoms with van der Waals surface area (Å²) < 4.78 is 4.99. The van der Waals surface area contributed by atoms with Gasteiger partial charge in [0.05, 0.1) is 19.1 Å². The zero-order valence-corrected chi connectivity index (χ0v) is 21.0. The third-order valence-corrected chi connectivity index (χ3v) is 7.40. The Morgan fingerprint density at radius 1 is 1.06 bits per heavy atom. The van der Waals surface area contributed by atoms with Crippen molar-refractivity contribution in [2.45, 2.75) is 76.8 Å². The van der Waals surface area contributed by atoms with Crippen molar-refractivity contribution in [1.29, 1.82) is 0 Å². The number of imide groups is 1. The van der Waals surface area contributed by atoms with Gasteiger partial charge >= 0.3 is 12.1 Å². The second-order valence-electron chi connectivity index (χ2n) is 9.92. The summed E-state index contributed by atoms with van der Waals surface area (Å²) in [5.41, 5.74) is 0. The van der Waals surface area contributed by atoms with E-state index in [4.69, 9.17) is 4.74 Å². The van der Waals surface area contributed by atoms with E-state index in [1.54, 1.807) is 11.8 Å². The molecule has 0 unspecified atom stereocenters. The molecule has 2 heterocycles. The summed E-state index contributed by atoms with van der Waals surface area (Å²) in [4.78, 5) is 64.7. The minimum absolute atomic E-state index is 0.116. The van der Waals surface area contributed by atoms with Crippen LogP contribution in [0.15, 0.2) is 0 Å². The van der Waals surface area contributed by atoms with E-state index in [0.717, 1.165) is 25.7 Å². The molecule has 0 bridgehead atoms. The number of rotatable bonds is 9. The monoisotopic (exact) mass is 509 g/mol. The van der Waals surface area contributed by atoms with Crippen LogP contribution in [-0.2, 0) is 19.1 Å². The predicted octanol–water partition coefficient (Wildman–Crippen LogP) is 1.47. The topological polar surface area (TPSA) is 149 Å². The largest absolute Gasteiger partial charge is 0.450 e. The highest BCUT2D eigenvalue weighted by Gasteiger charge is 2.39. The number of nitrogens with one attached hydrogen (secondary N) is 2. The van der Waals surface area contributed by atoms with Gasteiger partial charge in [0.1, 0.15) is 6.04 Å². The van der Waals surface area contributed by atoms with Gasteiger partial charge in [0.25, 0.3) is 5.91 Å². The van der Waals surface area contributed by atoms with Crippen LogP contribution in [-0.4, -0.2) is 95.3 Å². The molecule has 0 aromatic rings. The summed E-state index contributed by atoms with van der Waals surface area (Å²) in [6, 6.07) is -1.58. The van der Waals surface area contributed by atoms with E-state index in [1.807, 2.05) is 0 Å². The number of carbonyl (C=O) groups excluding carboxylic acids is 5. The number of nitrogens with zero attached hydrogens (tertiary/aromatic N) is 3. The molecule has 12 nitrogen and oxygen atoms in total. The van der Waals surface area contributed by atoms with E-state index >= 15 is 0 Å². The van der Waals surface area contributed by atoms with E-state index in [9.17, 15) is 29.2 Å². The second kappa shape index (κ2) is 13.4. The lowest BCUT2D eigenvalue weighted by Crippen LogP contribution is -2.54. The van der Waals surface area contributed by atoms with Crippen LogP contribution in [0.5, 0.6) is 0 Å². The van der Waals surface area contributed by atoms with Crippen LogP contribution in [0.1, 0.15) is 64.7 Å². The molecule has 3 fully saturated rings. The average Bonchev–Trinajstić information content (AvgIpc) is 3.56. The van der Waals surface area contributed by atoms with Crippen molar-refractivity contribution < 1.29 is 33.9 Å². The molecule has 0 spiro atoms. The molecule has 2 aliphatic heterocycles. The summed E-state index contributed by atoms with van der Waals surface area (Å²) in [6.45, 7) is 3.22. The van der Waals surface area contributed by atoms with Gasteiger partial charge in [-0.05, 0) is 44.9 Å². The maximum absolute atomic E-state index is 13.4. The van der Waals surface area contributed by atoms with Gasteiger partial charge in [0.15, 0.2) is 0 Å². The number of urea groups is 1. The lowest BCUT2D eigenvalue weighted by molar-refractivity contribution is -0.158. The molecule has 1 aliphatic carbocycles. The van der Waals surface area contributed by atoms with Gasteiger partial charge in [0.2, 0.25) is 12.3 Å². The van der Waals surface area contributed by atoms with E-state index in [1.165, 1.54) is 4.90 Å². The molecular formula is C24H39N5O7. The molecule has 3 aliphatic rings. The Hall–Kier alpha value is -2.89. The number of carbonyl (C=O) groups is 5. The first-order chi connectivity index (χ1) is 17.3. The highest BCUT2D eigenvalue weighted by Crippen LogP contribution is 2.32. The number of likely N-dealkylation sites (tertiary alicyclic amines) is 2. The molecule has 0 aromatic carbocycles. The zero-order chi connectivity index (χ0) is 26.1. The fraction of sp³-hybridized carbons (Fsp3) is 0.792. The zero-order valence-electron chi connectivity index (χ0n) is 21.0. The molecule has 36 heavy (non-hydrogen) atoms. The Bertz CT molecular complexity index is 796. The molecule has 6 amide bonds. The number of ether oxygens (including phenoxy) is 1. The molecule has 0 aromatic heterocycles. The molecule has 202 valence electrons. The van der Waals surface area contributed by atoms with Crippen LogP contribution in [0.4, 0.5) is 9.59 Å². The fourth-order valence-corrected chi connectivity index (χ4v) is 5.55. The van der Waals surface area contributed by atoms with E-state index in [-0.39, 0.29) is 31.0 Å². The Morgan fingerprint density at radius 3 is 2.39 bits per heavy atom. The Balaban J connectivity index is 1.52. The molecular weight excluding hydrogens is 470 g/mol. The maximum atomic E-state index is 13.4. The van der Waals surface area contributed by atoms with Gasteiger partial charge in [-0.25, -0.2) is 14.7 Å². The minimum atomic E-state index is -0.775. The first kappa shape index (κ1) is 27.7. The molecule has 2 saturated heterocycles. The average molecular weight is 510 g/mol. The van der Waals surface area contributed by atoms with Crippen LogP contribution < -0.4 is 10.6 Å². The SMILES string of the molecule is CCOC(=O)N1CCC(NC(=O)NC(=O)[C@H]2CCCN2C(=O)[C@H](CC2CCCC2)CN(O)C=O)CC1. The smallest absolute Gasteiger partial charge is 0.409 e. The number of piperidine rings is 1. The van der Waals surface area contributed by atoms with Crippen molar-refractivity contribution in [1.82, 2.24) is 25.5 Å². The number of hydrogen-bond donors (Lipinski definition) is 3. The summed E-state index contributed by atoms with van der Waals surface area (Å²) in [5.74, 6) is -1.06. The van der Waals surface area contributed by atoms with Crippen molar-refractivity contribution in [3.63, 3.8) is 0 Å². The van der Waals surface area contributed by atoms with Gasteiger partial charge in [-0.3, -0.25) is 24.9 Å². The standard InChI is InChI=1S/C24H39N5O7/c1-2-36-24(34)27-12-9-19(10-13-27)25-23(33)26-21(31)20-8-5-11-29(20)22(32)18(15-28(35)16-30)14-17-6-3-4-7-17/h16-20,35H,2-15H2,1H3,(H2,25,26,31,33)/t18-,20-/m1/s1. The summed E-state index contributed by atoms with van der Waals surface area (Å²) in [5, 5.41) is 15.4. The summed E-state index contributed by atoms with van der Waals surface area (Å²) in [6.07, 6.45) is 6.87. The quantitative estimate of drug-likeness (QED) is 0.242. The van der Waals surface area contributed by atoms with Crippen molar-refractivity contribution in [3.05, 3.63) is 0 Å². The van der Waals surface area contributed by atoms with Crippen LogP contribution in [0.2, 0.25) is 0 Å². The van der Waals surface area contributed by atoms with Crippen molar-refractivity contribution in [3.8, 4) is 0 Å². The lowest BCUT2D eigenvalue weighted by Gasteiger charge is -2.32. The van der Waals surface area contributed by atoms with Crippen molar-refractivity contribution >= 4 is 30.3 Å². The fourth-order valence-electron chi connectivity index (χ4n) is 5.55. The Kier molecular flexibility index (Phi) is 10.3. The number of amides is 6. The van der Waals surface area contributed by atoms with Crippen molar-refractivity contribution in [2.75, 3.05) is 32.8 Å². The first-order valence-corrected chi connectivity index (χ1v) is 13.1. The highest BCUT2D eigenvalue weighted by molar-refractivity contribution is 5.99. The maximum Gasteiger partial charge on any atom is 0.409 e. The molecule has 3 N–H and O–H groups in total. The first-order valence-electron chi connectivity index (χ1n) is 13.1. The van der Waals surface area contributed by atoms with Crippen molar-refractivity contribution in [2.24, 2.45) is 11.8 Å². The molecule has 3 rings (SSSR count). The third-order valence-electron chi connectivity index (χ3n) is 7.40. The molecule has 12 heteroatoms. The van der Waals surface area contributed by atoms with Gasteiger partial charge in [-0.2, -0.15) is 0 Å². The Morgan fingerprint density at radius 2 is 1.75 bits per heavy atom. The van der Waals surface area contributed by atoms with Gasteiger partial charge < -0.3 is 19.9 Å². The van der Waals surface area contributed by atoms with Crippen LogP contribution in [0.3, 0.4) is 0 Å². The second-order valence-corrected chi connectivity index (χ2v) is 9.92. The van der Waals surface area contributed by atoms with Crippen LogP contribution >= 0.6 is 0 Å². The minimum Gasteiger partial charge on any atom is -0.450 e. The summed E-state index contributed by atoms with van der Waals surface area (Å²) >= 11 is 0. The van der Waals surface area contributed by atoms with E-state index in [0.29, 0.717) is 69.3 Å². The molecule has 1 saturated carbocycles. The third kappa shape index (κ3) is 7.55. The normalized spacial score (nSPS) is 21.7. The van der Waals surface area contributed by atoms with E-state index in [2.05, 4.69) is 10.6 Å². The molecule has 0 radical (unpaired) electrons. The lowest BCUT2D eigenvalue weighted by atomic mass is 9.91. The highest BCUT2D eigenvalue weighted by atomic mass is 16.6. The number of hydrogen-bond acceptors (Lipinski definition) is 7. The molecule has 2 atom stereocenters. The van der Waals surface area contributed by atoms with Crippen LogP contribution in [0, 0.1) is 11.8 Å².